The lowest BCUT2D eigenvalue weighted by Crippen LogP contribution is -2.26. The van der Waals surface area contributed by atoms with Gasteiger partial charge in [-0.05, 0) is 64.3 Å². The lowest BCUT2D eigenvalue weighted by Gasteiger charge is -2.29. The van der Waals surface area contributed by atoms with Crippen LogP contribution in [-0.4, -0.2) is 23.0 Å². The molecule has 2 nitrogen and oxygen atoms in total. The van der Waals surface area contributed by atoms with E-state index in [4.69, 9.17) is 9.98 Å². The van der Waals surface area contributed by atoms with E-state index in [0.29, 0.717) is 6.04 Å². The maximum absolute atomic E-state index is 4.85. The van der Waals surface area contributed by atoms with Gasteiger partial charge in [0.15, 0.2) is 0 Å². The SMILES string of the molecule is CCC(C)N=C1C=C(C)C2=NC(C)(C)C=C(C)C2=C1. The summed E-state index contributed by atoms with van der Waals surface area (Å²) < 4.78 is 0. The molecule has 19 heavy (non-hydrogen) atoms. The van der Waals surface area contributed by atoms with Gasteiger partial charge in [0.05, 0.1) is 17.0 Å². The van der Waals surface area contributed by atoms with Crippen LogP contribution in [0, 0.1) is 0 Å². The molecule has 0 fully saturated rings. The van der Waals surface area contributed by atoms with Crippen LogP contribution in [0.25, 0.3) is 0 Å². The third-order valence-corrected chi connectivity index (χ3v) is 3.64. The average Bonchev–Trinajstić information content (AvgIpc) is 2.30. The summed E-state index contributed by atoms with van der Waals surface area (Å²) in [5, 5.41) is 0. The van der Waals surface area contributed by atoms with Crippen molar-refractivity contribution in [3.05, 3.63) is 34.9 Å². The van der Waals surface area contributed by atoms with Crippen LogP contribution < -0.4 is 0 Å². The molecule has 1 aliphatic heterocycles. The predicted molar refractivity (Wildman–Crippen MR) is 84.3 cm³/mol. The summed E-state index contributed by atoms with van der Waals surface area (Å²) >= 11 is 0. The van der Waals surface area contributed by atoms with Gasteiger partial charge in [-0.25, -0.2) is 0 Å². The van der Waals surface area contributed by atoms with Crippen LogP contribution in [0.5, 0.6) is 0 Å². The molecule has 0 aromatic heterocycles. The van der Waals surface area contributed by atoms with Crippen molar-refractivity contribution in [3.63, 3.8) is 0 Å². The molecular formula is C17H24N2. The van der Waals surface area contributed by atoms with E-state index in [9.17, 15) is 0 Å². The van der Waals surface area contributed by atoms with Crippen molar-refractivity contribution in [3.8, 4) is 0 Å². The lowest BCUT2D eigenvalue weighted by atomic mass is 9.85. The molecule has 102 valence electrons. The maximum atomic E-state index is 4.85. The van der Waals surface area contributed by atoms with E-state index >= 15 is 0 Å². The molecule has 1 atom stereocenters. The molecule has 0 amide bonds. The predicted octanol–water partition coefficient (Wildman–Crippen LogP) is 4.29. The van der Waals surface area contributed by atoms with Crippen molar-refractivity contribution in [2.45, 2.75) is 59.5 Å². The molecule has 2 rings (SSSR count). The Morgan fingerprint density at radius 2 is 1.89 bits per heavy atom. The summed E-state index contributed by atoms with van der Waals surface area (Å²) in [6, 6.07) is 0.374. The van der Waals surface area contributed by atoms with E-state index in [1.165, 1.54) is 16.7 Å². The Labute approximate surface area is 116 Å². The van der Waals surface area contributed by atoms with Crippen molar-refractivity contribution in [2.24, 2.45) is 9.98 Å². The van der Waals surface area contributed by atoms with Gasteiger partial charge < -0.3 is 0 Å². The van der Waals surface area contributed by atoms with Crippen LogP contribution in [0.2, 0.25) is 0 Å². The Hall–Kier alpha value is -1.44. The average molecular weight is 256 g/mol. The van der Waals surface area contributed by atoms with E-state index in [1.807, 2.05) is 0 Å². The van der Waals surface area contributed by atoms with Gasteiger partial charge in [-0.15, -0.1) is 0 Å². The molecule has 0 bridgehead atoms. The Morgan fingerprint density at radius 1 is 1.21 bits per heavy atom. The minimum absolute atomic E-state index is 0.1000. The van der Waals surface area contributed by atoms with E-state index in [1.54, 1.807) is 0 Å². The van der Waals surface area contributed by atoms with Crippen LogP contribution in [0.1, 0.15) is 48.0 Å². The molecule has 0 aromatic rings. The standard InChI is InChI=1S/C17H24N2/c1-7-13(4)18-14-8-11(2)16-15(9-14)12(3)10-17(5,6)19-16/h8-10,13H,7H2,1-6H3. The van der Waals surface area contributed by atoms with Crippen LogP contribution in [-0.2, 0) is 0 Å². The zero-order valence-corrected chi connectivity index (χ0v) is 12.9. The van der Waals surface area contributed by atoms with Gasteiger partial charge in [-0.3, -0.25) is 9.98 Å². The summed E-state index contributed by atoms with van der Waals surface area (Å²) in [6.07, 6.45) is 7.65. The minimum Gasteiger partial charge on any atom is -0.282 e. The zero-order chi connectivity index (χ0) is 14.2. The van der Waals surface area contributed by atoms with E-state index in [-0.39, 0.29) is 5.54 Å². The molecule has 1 heterocycles. The fourth-order valence-corrected chi connectivity index (χ4v) is 2.56. The number of aliphatic imine (C=N–C) groups is 2. The summed E-state index contributed by atoms with van der Waals surface area (Å²) in [7, 11) is 0. The number of allylic oxidation sites excluding steroid dienone is 5. The number of rotatable bonds is 2. The first-order valence-electron chi connectivity index (χ1n) is 7.10. The van der Waals surface area contributed by atoms with E-state index < -0.39 is 0 Å². The monoisotopic (exact) mass is 256 g/mol. The second-order valence-electron chi connectivity index (χ2n) is 6.14. The molecule has 0 saturated heterocycles. The molecule has 0 saturated carbocycles. The Bertz CT molecular complexity index is 540. The highest BCUT2D eigenvalue weighted by Gasteiger charge is 2.26. The fraction of sp³-hybridized carbons (Fsp3) is 0.529. The normalized spacial score (nSPS) is 25.1. The van der Waals surface area contributed by atoms with Gasteiger partial charge in [-0.2, -0.15) is 0 Å². The number of fused-ring (bicyclic) bond motifs is 1. The van der Waals surface area contributed by atoms with Gasteiger partial charge in [0.1, 0.15) is 0 Å². The van der Waals surface area contributed by atoms with E-state index in [0.717, 1.165) is 17.8 Å². The number of hydrogen-bond donors (Lipinski definition) is 0. The highest BCUT2D eigenvalue weighted by atomic mass is 14.9. The molecule has 0 N–H and O–H groups in total. The molecule has 0 radical (unpaired) electrons. The van der Waals surface area contributed by atoms with Gasteiger partial charge in [0, 0.05) is 11.6 Å². The molecular weight excluding hydrogens is 232 g/mol. The summed E-state index contributed by atoms with van der Waals surface area (Å²) in [5.41, 5.74) is 5.87. The highest BCUT2D eigenvalue weighted by Crippen LogP contribution is 2.31. The van der Waals surface area contributed by atoms with Gasteiger partial charge in [-0.1, -0.05) is 13.0 Å². The molecule has 1 aliphatic carbocycles. The van der Waals surface area contributed by atoms with Crippen LogP contribution in [0.4, 0.5) is 0 Å². The maximum Gasteiger partial charge on any atom is 0.0744 e. The highest BCUT2D eigenvalue weighted by molar-refractivity contribution is 6.26. The first-order chi connectivity index (χ1) is 8.82. The van der Waals surface area contributed by atoms with Gasteiger partial charge >= 0.3 is 0 Å². The fourth-order valence-electron chi connectivity index (χ4n) is 2.56. The summed E-state index contributed by atoms with van der Waals surface area (Å²) in [6.45, 7) is 12.9. The Balaban J connectivity index is 2.46. The molecule has 1 unspecified atom stereocenters. The Kier molecular flexibility index (Phi) is 3.62. The summed E-state index contributed by atoms with van der Waals surface area (Å²) in [5.74, 6) is 0. The zero-order valence-electron chi connectivity index (χ0n) is 12.9. The van der Waals surface area contributed by atoms with Crippen molar-refractivity contribution in [1.29, 1.82) is 0 Å². The van der Waals surface area contributed by atoms with E-state index in [2.05, 4.69) is 59.8 Å². The van der Waals surface area contributed by atoms with Gasteiger partial charge in [0.25, 0.3) is 0 Å². The lowest BCUT2D eigenvalue weighted by molar-refractivity contribution is 0.647. The van der Waals surface area contributed by atoms with Crippen molar-refractivity contribution in [1.82, 2.24) is 0 Å². The van der Waals surface area contributed by atoms with Crippen LogP contribution in [0.3, 0.4) is 0 Å². The van der Waals surface area contributed by atoms with Crippen molar-refractivity contribution < 1.29 is 0 Å². The molecule has 0 aromatic carbocycles. The van der Waals surface area contributed by atoms with Crippen molar-refractivity contribution in [2.75, 3.05) is 0 Å². The van der Waals surface area contributed by atoms with Crippen LogP contribution >= 0.6 is 0 Å². The third kappa shape index (κ3) is 2.94. The number of hydrogen-bond acceptors (Lipinski definition) is 2. The second-order valence-corrected chi connectivity index (χ2v) is 6.14. The topological polar surface area (TPSA) is 24.7 Å². The van der Waals surface area contributed by atoms with Crippen LogP contribution in [0.15, 0.2) is 44.9 Å². The van der Waals surface area contributed by atoms with Gasteiger partial charge in [0.2, 0.25) is 0 Å². The molecule has 2 aliphatic rings. The largest absolute Gasteiger partial charge is 0.282 e. The molecule has 0 spiro atoms. The minimum atomic E-state index is -0.1000. The number of dihydropyridines is 1. The second kappa shape index (κ2) is 4.92. The number of nitrogens with zero attached hydrogens (tertiary/aromatic N) is 2. The summed E-state index contributed by atoms with van der Waals surface area (Å²) in [4.78, 5) is 9.60. The smallest absolute Gasteiger partial charge is 0.0744 e. The first kappa shape index (κ1) is 14.0. The van der Waals surface area contributed by atoms with Crippen molar-refractivity contribution >= 4 is 11.4 Å². The quantitative estimate of drug-likeness (QED) is 0.658. The molecule has 2 heteroatoms. The first-order valence-corrected chi connectivity index (χ1v) is 7.10. The third-order valence-electron chi connectivity index (χ3n) is 3.64. The Morgan fingerprint density at radius 3 is 2.53 bits per heavy atom.